The molecule has 8 heteroatoms. The molecule has 0 aliphatic carbocycles. The largest absolute Gasteiger partial charge is 0.360 e. The molecule has 2 heterocycles. The van der Waals surface area contributed by atoms with Crippen molar-refractivity contribution in [3.63, 3.8) is 0 Å². The highest BCUT2D eigenvalue weighted by Crippen LogP contribution is 2.37. The third kappa shape index (κ3) is 3.88. The standard InChI is InChI=1S/C20H22Cl2N4O2/c1-12(2)16(11-23)25-7-9-26(10-8-25)20(27)17-13(3)28-24-19(17)18-14(21)5-4-6-15(18)22/h4-6,12,16H,7-10H2,1-3H3. The van der Waals surface area contributed by atoms with Crippen LogP contribution >= 0.6 is 23.2 Å². The van der Waals surface area contributed by atoms with Gasteiger partial charge in [0, 0.05) is 31.7 Å². The van der Waals surface area contributed by atoms with Crippen molar-refractivity contribution in [1.29, 1.82) is 5.26 Å². The van der Waals surface area contributed by atoms with Crippen LogP contribution in [-0.4, -0.2) is 53.1 Å². The number of aryl methyl sites for hydroxylation is 1. The van der Waals surface area contributed by atoms with E-state index in [2.05, 4.69) is 16.1 Å². The minimum Gasteiger partial charge on any atom is -0.360 e. The first-order chi connectivity index (χ1) is 13.3. The highest BCUT2D eigenvalue weighted by molar-refractivity contribution is 6.39. The molecule has 0 bridgehead atoms. The lowest BCUT2D eigenvalue weighted by atomic mass is 10.0. The minimum atomic E-state index is -0.164. The molecule has 6 nitrogen and oxygen atoms in total. The van der Waals surface area contributed by atoms with Gasteiger partial charge in [0.05, 0.1) is 16.1 Å². The number of carbonyl (C=O) groups is 1. The van der Waals surface area contributed by atoms with Gasteiger partial charge in [-0.25, -0.2) is 0 Å². The minimum absolute atomic E-state index is 0.146. The predicted molar refractivity (Wildman–Crippen MR) is 108 cm³/mol. The Kier molecular flexibility index (Phi) is 6.29. The lowest BCUT2D eigenvalue weighted by Crippen LogP contribution is -2.52. The van der Waals surface area contributed by atoms with Crippen LogP contribution in [0.3, 0.4) is 0 Å². The first-order valence-electron chi connectivity index (χ1n) is 9.18. The van der Waals surface area contributed by atoms with Gasteiger partial charge in [-0.1, -0.05) is 48.3 Å². The molecule has 148 valence electrons. The van der Waals surface area contributed by atoms with Crippen molar-refractivity contribution in [3.8, 4) is 17.3 Å². The summed E-state index contributed by atoms with van der Waals surface area (Å²) in [5.41, 5.74) is 1.23. The maximum absolute atomic E-state index is 13.2. The smallest absolute Gasteiger partial charge is 0.259 e. The molecule has 1 amide bonds. The van der Waals surface area contributed by atoms with Gasteiger partial charge in [0.1, 0.15) is 23.1 Å². The van der Waals surface area contributed by atoms with Gasteiger partial charge in [-0.15, -0.1) is 0 Å². The highest BCUT2D eigenvalue weighted by atomic mass is 35.5. The number of halogens is 2. The lowest BCUT2D eigenvalue weighted by molar-refractivity contribution is 0.0576. The van der Waals surface area contributed by atoms with Crippen LogP contribution in [0, 0.1) is 24.2 Å². The van der Waals surface area contributed by atoms with Crippen LogP contribution in [-0.2, 0) is 0 Å². The number of amides is 1. The molecular weight excluding hydrogens is 399 g/mol. The van der Waals surface area contributed by atoms with Crippen LogP contribution in [0.1, 0.15) is 30.0 Å². The van der Waals surface area contributed by atoms with Crippen molar-refractivity contribution in [2.75, 3.05) is 26.2 Å². The van der Waals surface area contributed by atoms with Crippen molar-refractivity contribution >= 4 is 29.1 Å². The topological polar surface area (TPSA) is 73.4 Å². The summed E-state index contributed by atoms with van der Waals surface area (Å²) in [5.74, 6) is 0.500. The third-order valence-electron chi connectivity index (χ3n) is 5.03. The summed E-state index contributed by atoms with van der Waals surface area (Å²) in [6.07, 6.45) is 0. The first kappa shape index (κ1) is 20.7. The van der Waals surface area contributed by atoms with Crippen LogP contribution in [0.5, 0.6) is 0 Å². The molecule has 3 rings (SSSR count). The average Bonchev–Trinajstić information content (AvgIpc) is 3.03. The SMILES string of the molecule is Cc1onc(-c2c(Cl)cccc2Cl)c1C(=O)N1CCN(C(C#N)C(C)C)CC1. The molecule has 28 heavy (non-hydrogen) atoms. The van der Waals surface area contributed by atoms with Gasteiger partial charge < -0.3 is 9.42 Å². The van der Waals surface area contributed by atoms with E-state index in [1.54, 1.807) is 30.0 Å². The maximum atomic E-state index is 13.2. The molecule has 0 spiro atoms. The fourth-order valence-electron chi connectivity index (χ4n) is 3.53. The Morgan fingerprint density at radius 3 is 2.36 bits per heavy atom. The molecular formula is C20H22Cl2N4O2. The summed E-state index contributed by atoms with van der Waals surface area (Å²) >= 11 is 12.6. The van der Waals surface area contributed by atoms with E-state index in [0.29, 0.717) is 58.8 Å². The molecule has 1 aromatic heterocycles. The van der Waals surface area contributed by atoms with Crippen LogP contribution in [0.25, 0.3) is 11.3 Å². The summed E-state index contributed by atoms with van der Waals surface area (Å²) in [4.78, 5) is 17.1. The molecule has 1 aliphatic rings. The Balaban J connectivity index is 1.84. The van der Waals surface area contributed by atoms with Gasteiger partial charge >= 0.3 is 0 Å². The van der Waals surface area contributed by atoms with Crippen molar-refractivity contribution in [2.45, 2.75) is 26.8 Å². The second-order valence-corrected chi connectivity index (χ2v) is 8.02. The zero-order valence-electron chi connectivity index (χ0n) is 16.1. The number of carbonyl (C=O) groups excluding carboxylic acids is 1. The van der Waals surface area contributed by atoms with E-state index in [4.69, 9.17) is 27.7 Å². The molecule has 1 atom stereocenters. The van der Waals surface area contributed by atoms with Gasteiger partial charge in [0.2, 0.25) is 0 Å². The molecule has 1 aromatic carbocycles. The summed E-state index contributed by atoms with van der Waals surface area (Å²) in [7, 11) is 0. The van der Waals surface area contributed by atoms with E-state index < -0.39 is 0 Å². The van der Waals surface area contributed by atoms with E-state index >= 15 is 0 Å². The monoisotopic (exact) mass is 420 g/mol. The van der Waals surface area contributed by atoms with Crippen molar-refractivity contribution in [2.24, 2.45) is 5.92 Å². The average molecular weight is 421 g/mol. The summed E-state index contributed by atoms with van der Waals surface area (Å²) in [6, 6.07) is 7.36. The summed E-state index contributed by atoms with van der Waals surface area (Å²) in [6.45, 7) is 8.13. The first-order valence-corrected chi connectivity index (χ1v) is 9.94. The molecule has 0 radical (unpaired) electrons. The molecule has 1 unspecified atom stereocenters. The predicted octanol–water partition coefficient (Wildman–Crippen LogP) is 4.26. The van der Waals surface area contributed by atoms with Gasteiger partial charge in [-0.05, 0) is 25.0 Å². The van der Waals surface area contributed by atoms with Gasteiger partial charge in [-0.2, -0.15) is 5.26 Å². The fourth-order valence-corrected chi connectivity index (χ4v) is 4.11. The number of nitrogens with zero attached hydrogens (tertiary/aromatic N) is 4. The summed E-state index contributed by atoms with van der Waals surface area (Å²) < 4.78 is 5.31. The third-order valence-corrected chi connectivity index (χ3v) is 5.66. The second kappa shape index (κ2) is 8.52. The number of rotatable bonds is 4. The van der Waals surface area contributed by atoms with E-state index in [-0.39, 0.29) is 17.9 Å². The van der Waals surface area contributed by atoms with Gasteiger partial charge in [-0.3, -0.25) is 9.69 Å². The number of benzene rings is 1. The van der Waals surface area contributed by atoms with Gasteiger partial charge in [0.15, 0.2) is 0 Å². The Labute approximate surface area is 174 Å². The molecule has 1 saturated heterocycles. The number of aromatic nitrogens is 1. The van der Waals surface area contributed by atoms with E-state index in [1.807, 2.05) is 13.8 Å². The van der Waals surface area contributed by atoms with Crippen molar-refractivity contribution in [3.05, 3.63) is 39.6 Å². The lowest BCUT2D eigenvalue weighted by Gasteiger charge is -2.38. The summed E-state index contributed by atoms with van der Waals surface area (Å²) in [5, 5.41) is 14.3. The van der Waals surface area contributed by atoms with E-state index in [1.165, 1.54) is 0 Å². The van der Waals surface area contributed by atoms with Crippen LogP contribution in [0.15, 0.2) is 22.7 Å². The Hall–Kier alpha value is -2.07. The van der Waals surface area contributed by atoms with Crippen molar-refractivity contribution in [1.82, 2.24) is 15.0 Å². The zero-order chi connectivity index (χ0) is 20.4. The Bertz CT molecular complexity index is 891. The molecule has 0 N–H and O–H groups in total. The molecule has 1 fully saturated rings. The highest BCUT2D eigenvalue weighted by Gasteiger charge is 2.32. The normalized spacial score (nSPS) is 16.2. The Morgan fingerprint density at radius 2 is 1.82 bits per heavy atom. The van der Waals surface area contributed by atoms with Gasteiger partial charge in [0.25, 0.3) is 5.91 Å². The molecule has 0 saturated carbocycles. The van der Waals surface area contributed by atoms with Crippen LogP contribution in [0.4, 0.5) is 0 Å². The van der Waals surface area contributed by atoms with E-state index in [0.717, 1.165) is 0 Å². The van der Waals surface area contributed by atoms with E-state index in [9.17, 15) is 10.1 Å². The van der Waals surface area contributed by atoms with Crippen LogP contribution in [0.2, 0.25) is 10.0 Å². The second-order valence-electron chi connectivity index (χ2n) is 7.21. The van der Waals surface area contributed by atoms with Crippen molar-refractivity contribution < 1.29 is 9.32 Å². The number of hydrogen-bond acceptors (Lipinski definition) is 5. The van der Waals surface area contributed by atoms with Crippen LogP contribution < -0.4 is 0 Å². The number of nitriles is 1. The molecule has 1 aliphatic heterocycles. The Morgan fingerprint density at radius 1 is 1.21 bits per heavy atom. The quantitative estimate of drug-likeness (QED) is 0.738. The number of hydrogen-bond donors (Lipinski definition) is 0. The fraction of sp³-hybridized carbons (Fsp3) is 0.450. The molecule has 2 aromatic rings. The maximum Gasteiger partial charge on any atom is 0.259 e. The number of piperazine rings is 1. The zero-order valence-corrected chi connectivity index (χ0v) is 17.6.